The first-order valence-electron chi connectivity index (χ1n) is 7.95. The maximum absolute atomic E-state index is 12.2. The van der Waals surface area contributed by atoms with E-state index in [1.165, 1.54) is 12.1 Å². The number of alkyl halides is 3. The van der Waals surface area contributed by atoms with Crippen LogP contribution in [-0.2, 0) is 6.54 Å². The lowest BCUT2D eigenvalue weighted by atomic mass is 10.1. The van der Waals surface area contributed by atoms with Crippen molar-refractivity contribution in [3.8, 4) is 16.9 Å². The van der Waals surface area contributed by atoms with E-state index in [9.17, 15) is 13.2 Å². The second kappa shape index (κ2) is 8.11. The van der Waals surface area contributed by atoms with Gasteiger partial charge in [0.2, 0.25) is 0 Å². The number of ether oxygens (including phenoxy) is 1. The zero-order chi connectivity index (χ0) is 19.4. The van der Waals surface area contributed by atoms with Gasteiger partial charge in [-0.15, -0.1) is 13.2 Å². The smallest absolute Gasteiger partial charge is 0.406 e. The largest absolute Gasteiger partial charge is 0.573 e. The molecule has 0 atom stereocenters. The summed E-state index contributed by atoms with van der Waals surface area (Å²) >= 11 is 12.3. The van der Waals surface area contributed by atoms with E-state index in [0.29, 0.717) is 16.6 Å². The van der Waals surface area contributed by atoms with Crippen molar-refractivity contribution in [2.75, 3.05) is 5.32 Å². The Morgan fingerprint density at radius 2 is 1.30 bits per heavy atom. The molecule has 1 N–H and O–H groups in total. The molecule has 140 valence electrons. The second-order valence-corrected chi connectivity index (χ2v) is 6.52. The van der Waals surface area contributed by atoms with Crippen LogP contribution in [0.3, 0.4) is 0 Å². The first-order chi connectivity index (χ1) is 12.8. The highest BCUT2D eigenvalue weighted by Gasteiger charge is 2.30. The Bertz CT molecular complexity index is 890. The SMILES string of the molecule is FC(F)(F)Oc1ccc(-c2ccc(NCc3c(Cl)cccc3Cl)cc2)cc1. The van der Waals surface area contributed by atoms with E-state index in [0.717, 1.165) is 22.4 Å². The summed E-state index contributed by atoms with van der Waals surface area (Å²) in [7, 11) is 0. The maximum atomic E-state index is 12.2. The van der Waals surface area contributed by atoms with Crippen LogP contribution in [0, 0.1) is 0 Å². The molecule has 0 radical (unpaired) electrons. The van der Waals surface area contributed by atoms with E-state index in [2.05, 4.69) is 10.1 Å². The summed E-state index contributed by atoms with van der Waals surface area (Å²) in [6.45, 7) is 0.474. The molecule has 0 fully saturated rings. The minimum atomic E-state index is -4.70. The van der Waals surface area contributed by atoms with E-state index >= 15 is 0 Å². The van der Waals surface area contributed by atoms with Gasteiger partial charge < -0.3 is 10.1 Å². The van der Waals surface area contributed by atoms with Crippen molar-refractivity contribution in [3.05, 3.63) is 82.3 Å². The van der Waals surface area contributed by atoms with Crippen molar-refractivity contribution in [1.29, 1.82) is 0 Å². The van der Waals surface area contributed by atoms with Crippen molar-refractivity contribution in [3.63, 3.8) is 0 Å². The minimum absolute atomic E-state index is 0.249. The predicted octanol–water partition coefficient (Wildman–Crippen LogP) is 7.17. The van der Waals surface area contributed by atoms with Crippen LogP contribution in [0.15, 0.2) is 66.7 Å². The predicted molar refractivity (Wildman–Crippen MR) is 102 cm³/mol. The zero-order valence-corrected chi connectivity index (χ0v) is 15.4. The molecule has 0 heterocycles. The van der Waals surface area contributed by atoms with E-state index in [1.807, 2.05) is 24.3 Å². The summed E-state index contributed by atoms with van der Waals surface area (Å²) in [4.78, 5) is 0. The van der Waals surface area contributed by atoms with Gasteiger partial charge in [-0.2, -0.15) is 0 Å². The van der Waals surface area contributed by atoms with Crippen LogP contribution in [0.25, 0.3) is 11.1 Å². The Morgan fingerprint density at radius 1 is 0.778 bits per heavy atom. The monoisotopic (exact) mass is 411 g/mol. The molecule has 0 aromatic heterocycles. The van der Waals surface area contributed by atoms with Crippen molar-refractivity contribution in [2.45, 2.75) is 12.9 Å². The standard InChI is InChI=1S/C20H14Cl2F3NO/c21-18-2-1-3-19(22)17(18)12-26-15-8-4-13(5-9-15)14-6-10-16(11-7-14)27-20(23,24)25/h1-11,26H,12H2. The molecule has 7 heteroatoms. The molecule has 0 unspecified atom stereocenters. The highest BCUT2D eigenvalue weighted by Crippen LogP contribution is 2.28. The molecule has 0 aliphatic heterocycles. The second-order valence-electron chi connectivity index (χ2n) is 5.70. The maximum Gasteiger partial charge on any atom is 0.573 e. The van der Waals surface area contributed by atoms with Crippen LogP contribution < -0.4 is 10.1 Å². The molecule has 0 bridgehead atoms. The van der Waals surface area contributed by atoms with Gasteiger partial charge in [0.15, 0.2) is 0 Å². The molecule has 2 nitrogen and oxygen atoms in total. The third-order valence-corrected chi connectivity index (χ3v) is 4.55. The molecule has 0 amide bonds. The molecule has 3 aromatic carbocycles. The fraction of sp³-hybridized carbons (Fsp3) is 0.100. The van der Waals surface area contributed by atoms with Crippen LogP contribution in [0.5, 0.6) is 5.75 Å². The summed E-state index contributed by atoms with van der Waals surface area (Å²) in [5.41, 5.74) is 3.33. The van der Waals surface area contributed by atoms with Gasteiger partial charge in [0, 0.05) is 27.8 Å². The third-order valence-electron chi connectivity index (χ3n) is 3.84. The Hall–Kier alpha value is -2.37. The lowest BCUT2D eigenvalue weighted by molar-refractivity contribution is -0.274. The van der Waals surface area contributed by atoms with Gasteiger partial charge in [0.1, 0.15) is 5.75 Å². The summed E-state index contributed by atoms with van der Waals surface area (Å²) < 4.78 is 40.5. The van der Waals surface area contributed by atoms with Crippen molar-refractivity contribution < 1.29 is 17.9 Å². The van der Waals surface area contributed by atoms with Crippen molar-refractivity contribution in [1.82, 2.24) is 0 Å². The first kappa shape index (κ1) is 19.4. The average molecular weight is 412 g/mol. The van der Waals surface area contributed by atoms with E-state index < -0.39 is 6.36 Å². The van der Waals surface area contributed by atoms with Gasteiger partial charge in [-0.25, -0.2) is 0 Å². The Morgan fingerprint density at radius 3 is 1.81 bits per heavy atom. The van der Waals surface area contributed by atoms with Crippen molar-refractivity contribution in [2.24, 2.45) is 0 Å². The lowest BCUT2D eigenvalue weighted by Crippen LogP contribution is -2.16. The Kier molecular flexibility index (Phi) is 5.82. The normalized spacial score (nSPS) is 11.3. The number of anilines is 1. The minimum Gasteiger partial charge on any atom is -0.406 e. The quantitative estimate of drug-likeness (QED) is 0.480. The molecule has 0 saturated carbocycles. The van der Waals surface area contributed by atoms with Gasteiger partial charge in [-0.1, -0.05) is 53.5 Å². The average Bonchev–Trinajstić information content (AvgIpc) is 2.61. The fourth-order valence-electron chi connectivity index (χ4n) is 2.52. The molecule has 3 aromatic rings. The van der Waals surface area contributed by atoms with E-state index in [1.54, 1.807) is 30.3 Å². The zero-order valence-electron chi connectivity index (χ0n) is 13.9. The highest BCUT2D eigenvalue weighted by molar-refractivity contribution is 6.36. The number of halogens is 5. The Balaban J connectivity index is 1.66. The molecule has 0 saturated heterocycles. The topological polar surface area (TPSA) is 21.3 Å². The van der Waals surface area contributed by atoms with Gasteiger partial charge in [-0.05, 0) is 47.5 Å². The summed E-state index contributed by atoms with van der Waals surface area (Å²) in [6.07, 6.45) is -4.70. The molecule has 3 rings (SSSR count). The van der Waals surface area contributed by atoms with Gasteiger partial charge in [0.25, 0.3) is 0 Å². The number of hydrogen-bond acceptors (Lipinski definition) is 2. The van der Waals surface area contributed by atoms with Crippen LogP contribution in [-0.4, -0.2) is 6.36 Å². The van der Waals surface area contributed by atoms with Gasteiger partial charge >= 0.3 is 6.36 Å². The summed E-state index contributed by atoms with van der Waals surface area (Å²) in [6, 6.07) is 18.6. The fourth-order valence-corrected chi connectivity index (χ4v) is 3.05. The van der Waals surface area contributed by atoms with E-state index in [-0.39, 0.29) is 5.75 Å². The number of nitrogens with one attached hydrogen (secondary N) is 1. The Labute approximate surface area is 164 Å². The summed E-state index contributed by atoms with van der Waals surface area (Å²) in [5.74, 6) is -0.249. The van der Waals surface area contributed by atoms with Crippen LogP contribution >= 0.6 is 23.2 Å². The van der Waals surface area contributed by atoms with Crippen LogP contribution in [0.2, 0.25) is 10.0 Å². The molecule has 0 spiro atoms. The first-order valence-corrected chi connectivity index (χ1v) is 8.70. The molecular weight excluding hydrogens is 398 g/mol. The molecule has 27 heavy (non-hydrogen) atoms. The van der Waals surface area contributed by atoms with Crippen LogP contribution in [0.1, 0.15) is 5.56 Å². The summed E-state index contributed by atoms with van der Waals surface area (Å²) in [5, 5.41) is 4.42. The lowest BCUT2D eigenvalue weighted by Gasteiger charge is -2.11. The molecule has 0 aliphatic rings. The third kappa shape index (κ3) is 5.31. The number of benzene rings is 3. The highest BCUT2D eigenvalue weighted by atomic mass is 35.5. The van der Waals surface area contributed by atoms with Crippen molar-refractivity contribution >= 4 is 28.9 Å². The number of rotatable bonds is 5. The van der Waals surface area contributed by atoms with Gasteiger partial charge in [-0.3, -0.25) is 0 Å². The number of hydrogen-bond donors (Lipinski definition) is 1. The molecular formula is C20H14Cl2F3NO. The van der Waals surface area contributed by atoms with Crippen LogP contribution in [0.4, 0.5) is 18.9 Å². The molecule has 0 aliphatic carbocycles. The van der Waals surface area contributed by atoms with Gasteiger partial charge in [0.05, 0.1) is 0 Å². The van der Waals surface area contributed by atoms with E-state index in [4.69, 9.17) is 23.2 Å².